The molecule has 5 heteroatoms. The van der Waals surface area contributed by atoms with Gasteiger partial charge in [0.25, 0.3) is 0 Å². The van der Waals surface area contributed by atoms with Gasteiger partial charge < -0.3 is 10.1 Å². The molecule has 2 aromatic rings. The van der Waals surface area contributed by atoms with Crippen molar-refractivity contribution in [1.82, 2.24) is 5.32 Å². The standard InChI is InChI=1S/C20H23Cl2NO2/c1-2-25-17-9-5-15(6-10-17)4-3-13-23-20(24)12-8-16-7-11-18(21)19(22)14-16/h5-7,9-11,14H,2-4,8,12-13H2,1H3,(H,23,24). The number of amides is 1. The van der Waals surface area contributed by atoms with E-state index in [9.17, 15) is 4.79 Å². The second-order valence-corrected chi connectivity index (χ2v) is 6.59. The molecule has 0 aromatic heterocycles. The summed E-state index contributed by atoms with van der Waals surface area (Å²) in [7, 11) is 0. The Morgan fingerprint density at radius 3 is 2.40 bits per heavy atom. The number of carbonyl (C=O) groups is 1. The molecular formula is C20H23Cl2NO2. The van der Waals surface area contributed by atoms with Crippen molar-refractivity contribution in [2.75, 3.05) is 13.2 Å². The Morgan fingerprint density at radius 2 is 1.72 bits per heavy atom. The Morgan fingerprint density at radius 1 is 1.00 bits per heavy atom. The molecule has 1 N–H and O–H groups in total. The predicted molar refractivity (Wildman–Crippen MR) is 104 cm³/mol. The van der Waals surface area contributed by atoms with Gasteiger partial charge in [0.1, 0.15) is 5.75 Å². The van der Waals surface area contributed by atoms with E-state index in [4.69, 9.17) is 27.9 Å². The molecule has 0 spiro atoms. The summed E-state index contributed by atoms with van der Waals surface area (Å²) >= 11 is 11.9. The maximum absolute atomic E-state index is 11.9. The number of benzene rings is 2. The fourth-order valence-electron chi connectivity index (χ4n) is 2.48. The summed E-state index contributed by atoms with van der Waals surface area (Å²) in [5, 5.41) is 4.01. The molecule has 0 radical (unpaired) electrons. The molecule has 0 aliphatic carbocycles. The molecule has 3 nitrogen and oxygen atoms in total. The van der Waals surface area contributed by atoms with E-state index < -0.39 is 0 Å². The molecule has 134 valence electrons. The number of halogens is 2. The van der Waals surface area contributed by atoms with Gasteiger partial charge >= 0.3 is 0 Å². The van der Waals surface area contributed by atoms with Crippen LogP contribution in [0.25, 0.3) is 0 Å². The van der Waals surface area contributed by atoms with Gasteiger partial charge in [0.15, 0.2) is 0 Å². The zero-order valence-electron chi connectivity index (χ0n) is 14.4. The lowest BCUT2D eigenvalue weighted by Gasteiger charge is -2.07. The molecule has 0 heterocycles. The van der Waals surface area contributed by atoms with Crippen LogP contribution in [0.1, 0.15) is 30.9 Å². The van der Waals surface area contributed by atoms with Crippen molar-refractivity contribution in [3.63, 3.8) is 0 Å². The first-order valence-corrected chi connectivity index (χ1v) is 9.26. The van der Waals surface area contributed by atoms with E-state index in [1.807, 2.05) is 31.2 Å². The monoisotopic (exact) mass is 379 g/mol. The number of ether oxygens (including phenoxy) is 1. The first-order chi connectivity index (χ1) is 12.1. The van der Waals surface area contributed by atoms with E-state index >= 15 is 0 Å². The van der Waals surface area contributed by atoms with Gasteiger partial charge in [0.05, 0.1) is 16.7 Å². The Hall–Kier alpha value is -1.71. The van der Waals surface area contributed by atoms with Crippen LogP contribution in [0.3, 0.4) is 0 Å². The molecule has 0 fully saturated rings. The molecule has 0 atom stereocenters. The number of hydrogen-bond donors (Lipinski definition) is 1. The van der Waals surface area contributed by atoms with Crippen molar-refractivity contribution in [1.29, 1.82) is 0 Å². The van der Waals surface area contributed by atoms with Crippen molar-refractivity contribution in [3.8, 4) is 5.75 Å². The summed E-state index contributed by atoms with van der Waals surface area (Å²) in [6.07, 6.45) is 2.94. The lowest BCUT2D eigenvalue weighted by atomic mass is 10.1. The van der Waals surface area contributed by atoms with Gasteiger partial charge in [0, 0.05) is 13.0 Å². The third kappa shape index (κ3) is 6.97. The molecule has 0 unspecified atom stereocenters. The molecule has 0 aliphatic heterocycles. The number of carbonyl (C=O) groups excluding carboxylic acids is 1. The Labute approximate surface area is 159 Å². The fraction of sp³-hybridized carbons (Fsp3) is 0.350. The van der Waals surface area contributed by atoms with E-state index in [0.29, 0.717) is 36.0 Å². The van der Waals surface area contributed by atoms with Crippen molar-refractivity contribution in [3.05, 3.63) is 63.6 Å². The normalized spacial score (nSPS) is 10.5. The molecule has 0 bridgehead atoms. The van der Waals surface area contributed by atoms with E-state index in [0.717, 1.165) is 24.2 Å². The summed E-state index contributed by atoms with van der Waals surface area (Å²) < 4.78 is 5.42. The highest BCUT2D eigenvalue weighted by Crippen LogP contribution is 2.23. The third-order valence-corrected chi connectivity index (χ3v) is 4.56. The first kappa shape index (κ1) is 19.6. The zero-order chi connectivity index (χ0) is 18.1. The quantitative estimate of drug-likeness (QED) is 0.617. The van der Waals surface area contributed by atoms with Crippen molar-refractivity contribution < 1.29 is 9.53 Å². The van der Waals surface area contributed by atoms with E-state index in [-0.39, 0.29) is 5.91 Å². The molecule has 25 heavy (non-hydrogen) atoms. The number of nitrogens with one attached hydrogen (secondary N) is 1. The topological polar surface area (TPSA) is 38.3 Å². The van der Waals surface area contributed by atoms with Crippen molar-refractivity contribution in [2.45, 2.75) is 32.6 Å². The van der Waals surface area contributed by atoms with Gasteiger partial charge in [-0.05, 0) is 61.6 Å². The molecule has 0 saturated carbocycles. The minimum Gasteiger partial charge on any atom is -0.494 e. The predicted octanol–water partition coefficient (Wildman–Crippen LogP) is 5.07. The van der Waals surface area contributed by atoms with Gasteiger partial charge in [-0.15, -0.1) is 0 Å². The van der Waals surface area contributed by atoms with E-state index in [2.05, 4.69) is 17.4 Å². The zero-order valence-corrected chi connectivity index (χ0v) is 15.9. The number of aryl methyl sites for hydroxylation is 2. The summed E-state index contributed by atoms with van der Waals surface area (Å²) in [4.78, 5) is 11.9. The summed E-state index contributed by atoms with van der Waals surface area (Å²) in [6.45, 7) is 3.32. The average molecular weight is 380 g/mol. The Balaban J connectivity index is 1.64. The number of hydrogen-bond acceptors (Lipinski definition) is 2. The summed E-state index contributed by atoms with van der Waals surface area (Å²) in [5.74, 6) is 0.944. The molecular weight excluding hydrogens is 357 g/mol. The summed E-state index contributed by atoms with van der Waals surface area (Å²) in [5.41, 5.74) is 2.26. The van der Waals surface area contributed by atoms with Gasteiger partial charge in [-0.25, -0.2) is 0 Å². The van der Waals surface area contributed by atoms with Crippen LogP contribution in [-0.4, -0.2) is 19.1 Å². The molecule has 2 aromatic carbocycles. The van der Waals surface area contributed by atoms with Gasteiger partial charge in [-0.3, -0.25) is 4.79 Å². The number of rotatable bonds is 9. The van der Waals surface area contributed by atoms with Gasteiger partial charge in [0.2, 0.25) is 5.91 Å². The van der Waals surface area contributed by atoms with Crippen LogP contribution in [0.4, 0.5) is 0 Å². The molecule has 2 rings (SSSR count). The minimum atomic E-state index is 0.0535. The van der Waals surface area contributed by atoms with Crippen molar-refractivity contribution >= 4 is 29.1 Å². The van der Waals surface area contributed by atoms with Gasteiger partial charge in [-0.2, -0.15) is 0 Å². The third-order valence-electron chi connectivity index (χ3n) is 3.82. The minimum absolute atomic E-state index is 0.0535. The lowest BCUT2D eigenvalue weighted by molar-refractivity contribution is -0.121. The fourth-order valence-corrected chi connectivity index (χ4v) is 2.80. The van der Waals surface area contributed by atoms with E-state index in [1.54, 1.807) is 6.07 Å². The van der Waals surface area contributed by atoms with Crippen LogP contribution in [-0.2, 0) is 17.6 Å². The maximum Gasteiger partial charge on any atom is 0.220 e. The second kappa shape index (κ2) is 10.3. The van der Waals surface area contributed by atoms with Crippen LogP contribution in [0.2, 0.25) is 10.0 Å². The van der Waals surface area contributed by atoms with Crippen LogP contribution in [0, 0.1) is 0 Å². The smallest absolute Gasteiger partial charge is 0.220 e. The van der Waals surface area contributed by atoms with Crippen LogP contribution >= 0.6 is 23.2 Å². The Bertz CT molecular complexity index is 687. The highest BCUT2D eigenvalue weighted by molar-refractivity contribution is 6.42. The average Bonchev–Trinajstić information content (AvgIpc) is 2.61. The summed E-state index contributed by atoms with van der Waals surface area (Å²) in [6, 6.07) is 13.6. The lowest BCUT2D eigenvalue weighted by Crippen LogP contribution is -2.24. The molecule has 0 saturated heterocycles. The van der Waals surface area contributed by atoms with Crippen LogP contribution in [0.5, 0.6) is 5.75 Å². The van der Waals surface area contributed by atoms with Crippen LogP contribution < -0.4 is 10.1 Å². The highest BCUT2D eigenvalue weighted by atomic mass is 35.5. The van der Waals surface area contributed by atoms with Crippen LogP contribution in [0.15, 0.2) is 42.5 Å². The highest BCUT2D eigenvalue weighted by Gasteiger charge is 2.04. The molecule has 0 aliphatic rings. The van der Waals surface area contributed by atoms with Crippen molar-refractivity contribution in [2.24, 2.45) is 0 Å². The molecule has 1 amide bonds. The SMILES string of the molecule is CCOc1ccc(CCCNC(=O)CCc2ccc(Cl)c(Cl)c2)cc1. The first-order valence-electron chi connectivity index (χ1n) is 8.51. The van der Waals surface area contributed by atoms with Gasteiger partial charge in [-0.1, -0.05) is 41.4 Å². The maximum atomic E-state index is 11.9. The Kier molecular flexibility index (Phi) is 8.10. The second-order valence-electron chi connectivity index (χ2n) is 5.78. The largest absolute Gasteiger partial charge is 0.494 e. The van der Waals surface area contributed by atoms with E-state index in [1.165, 1.54) is 5.56 Å².